The van der Waals surface area contributed by atoms with Gasteiger partial charge in [0.1, 0.15) is 12.4 Å². The van der Waals surface area contributed by atoms with E-state index in [1.165, 1.54) is 5.56 Å². The molecule has 1 aliphatic rings. The second-order valence-electron chi connectivity index (χ2n) is 6.17. The molecule has 130 valence electrons. The second kappa shape index (κ2) is 7.83. The van der Waals surface area contributed by atoms with Gasteiger partial charge in [0, 0.05) is 19.2 Å². The molecule has 0 saturated carbocycles. The van der Waals surface area contributed by atoms with E-state index < -0.39 is 0 Å². The van der Waals surface area contributed by atoms with Gasteiger partial charge in [0.2, 0.25) is 5.91 Å². The molecule has 0 bridgehead atoms. The highest BCUT2D eigenvalue weighted by Crippen LogP contribution is 2.26. The number of nitrogens with zero attached hydrogens (tertiary/aromatic N) is 1. The van der Waals surface area contributed by atoms with Gasteiger partial charge in [-0.1, -0.05) is 30.3 Å². The molecule has 2 aromatic rings. The third-order valence-electron chi connectivity index (χ3n) is 4.24. The fraction of sp³-hybridized carbons (Fsp3) is 0.300. The number of anilines is 1. The number of nitrogens with one attached hydrogen (secondary N) is 1. The van der Waals surface area contributed by atoms with Gasteiger partial charge in [0.05, 0.1) is 12.1 Å². The van der Waals surface area contributed by atoms with Gasteiger partial charge < -0.3 is 15.0 Å². The van der Waals surface area contributed by atoms with E-state index >= 15 is 0 Å². The predicted octanol–water partition coefficient (Wildman–Crippen LogP) is 3.11. The van der Waals surface area contributed by atoms with E-state index in [-0.39, 0.29) is 11.8 Å². The van der Waals surface area contributed by atoms with E-state index in [0.29, 0.717) is 36.6 Å². The van der Waals surface area contributed by atoms with Crippen molar-refractivity contribution < 1.29 is 14.3 Å². The summed E-state index contributed by atoms with van der Waals surface area (Å²) in [6.07, 6.45) is 2.09. The summed E-state index contributed by atoms with van der Waals surface area (Å²) >= 11 is 0. The Labute approximate surface area is 147 Å². The third kappa shape index (κ3) is 4.38. The van der Waals surface area contributed by atoms with Crippen LogP contribution in [0.2, 0.25) is 0 Å². The zero-order valence-electron chi connectivity index (χ0n) is 14.3. The molecule has 0 fully saturated rings. The van der Waals surface area contributed by atoms with Crippen LogP contribution < -0.4 is 10.1 Å². The first-order chi connectivity index (χ1) is 12.1. The minimum Gasteiger partial charge on any atom is -0.491 e. The van der Waals surface area contributed by atoms with E-state index in [4.69, 9.17) is 4.74 Å². The Balaban J connectivity index is 1.58. The number of amides is 2. The van der Waals surface area contributed by atoms with Crippen LogP contribution in [0.4, 0.5) is 5.69 Å². The molecule has 1 aliphatic heterocycles. The Morgan fingerprint density at radius 2 is 2.00 bits per heavy atom. The van der Waals surface area contributed by atoms with Gasteiger partial charge in [-0.3, -0.25) is 9.59 Å². The molecular formula is C20H22N2O3. The summed E-state index contributed by atoms with van der Waals surface area (Å²) < 4.78 is 5.59. The van der Waals surface area contributed by atoms with Crippen molar-refractivity contribution in [1.82, 2.24) is 4.90 Å². The Hall–Kier alpha value is -2.82. The number of hydrogen-bond acceptors (Lipinski definition) is 3. The number of likely N-dealkylation sites (N-methyl/N-ethyl adjacent to an activating group) is 1. The van der Waals surface area contributed by atoms with Gasteiger partial charge in [0.25, 0.3) is 5.91 Å². The normalized spacial score (nSPS) is 13.6. The first-order valence-corrected chi connectivity index (χ1v) is 8.49. The van der Waals surface area contributed by atoms with Crippen molar-refractivity contribution in [2.75, 3.05) is 25.5 Å². The van der Waals surface area contributed by atoms with Crippen LogP contribution in [-0.4, -0.2) is 36.9 Å². The first-order valence-electron chi connectivity index (χ1n) is 8.49. The number of carbonyl (C=O) groups excluding carboxylic acids is 2. The van der Waals surface area contributed by atoms with Crippen LogP contribution in [0.3, 0.4) is 0 Å². The maximum atomic E-state index is 12.3. The van der Waals surface area contributed by atoms with E-state index in [9.17, 15) is 9.59 Å². The molecule has 0 unspecified atom stereocenters. The highest BCUT2D eigenvalue weighted by molar-refractivity contribution is 5.99. The molecule has 2 aromatic carbocycles. The summed E-state index contributed by atoms with van der Waals surface area (Å²) in [7, 11) is 1.75. The lowest BCUT2D eigenvalue weighted by atomic mass is 10.1. The van der Waals surface area contributed by atoms with Gasteiger partial charge in [-0.15, -0.1) is 0 Å². The fourth-order valence-electron chi connectivity index (χ4n) is 2.82. The molecule has 1 N–H and O–H groups in total. The van der Waals surface area contributed by atoms with Crippen LogP contribution in [0, 0.1) is 0 Å². The standard InChI is InChI=1S/C20H22N2O3/c1-22-12-13-25-18-11-10-16(14-17(18)20(22)24)21-19(23)9-5-8-15-6-3-2-4-7-15/h2-4,6-7,10-11,14H,5,8-9,12-13H2,1H3,(H,21,23). The zero-order chi connectivity index (χ0) is 17.6. The number of hydrogen-bond donors (Lipinski definition) is 1. The van der Waals surface area contributed by atoms with Crippen molar-refractivity contribution in [3.05, 3.63) is 59.7 Å². The fourth-order valence-corrected chi connectivity index (χ4v) is 2.82. The average Bonchev–Trinajstić information content (AvgIpc) is 2.75. The highest BCUT2D eigenvalue weighted by Gasteiger charge is 2.21. The van der Waals surface area contributed by atoms with Crippen LogP contribution in [0.25, 0.3) is 0 Å². The van der Waals surface area contributed by atoms with E-state index in [1.807, 2.05) is 18.2 Å². The molecule has 0 radical (unpaired) electrons. The molecule has 5 nitrogen and oxygen atoms in total. The molecule has 0 spiro atoms. The van der Waals surface area contributed by atoms with Gasteiger partial charge >= 0.3 is 0 Å². The number of ether oxygens (including phenoxy) is 1. The second-order valence-corrected chi connectivity index (χ2v) is 6.17. The van der Waals surface area contributed by atoms with Gasteiger partial charge in [0.15, 0.2) is 0 Å². The van der Waals surface area contributed by atoms with Crippen LogP contribution in [0.1, 0.15) is 28.8 Å². The van der Waals surface area contributed by atoms with Crippen LogP contribution in [-0.2, 0) is 11.2 Å². The number of aryl methyl sites for hydroxylation is 1. The number of rotatable bonds is 5. The van der Waals surface area contributed by atoms with Crippen LogP contribution >= 0.6 is 0 Å². The van der Waals surface area contributed by atoms with E-state index in [0.717, 1.165) is 12.8 Å². The van der Waals surface area contributed by atoms with Gasteiger partial charge in [-0.2, -0.15) is 0 Å². The molecule has 0 saturated heterocycles. The molecule has 3 rings (SSSR count). The topological polar surface area (TPSA) is 58.6 Å². The molecule has 0 aromatic heterocycles. The smallest absolute Gasteiger partial charge is 0.257 e. The van der Waals surface area contributed by atoms with Crippen molar-refractivity contribution in [2.24, 2.45) is 0 Å². The number of benzene rings is 2. The maximum Gasteiger partial charge on any atom is 0.257 e. The lowest BCUT2D eigenvalue weighted by molar-refractivity contribution is -0.116. The minimum atomic E-state index is -0.0901. The summed E-state index contributed by atoms with van der Waals surface area (Å²) in [5.74, 6) is 0.426. The Kier molecular flexibility index (Phi) is 5.33. The molecule has 25 heavy (non-hydrogen) atoms. The quantitative estimate of drug-likeness (QED) is 0.911. The summed E-state index contributed by atoms with van der Waals surface area (Å²) in [4.78, 5) is 26.1. The van der Waals surface area contributed by atoms with E-state index in [2.05, 4.69) is 17.4 Å². The lowest BCUT2D eigenvalue weighted by Crippen LogP contribution is -2.27. The van der Waals surface area contributed by atoms with E-state index in [1.54, 1.807) is 30.1 Å². The molecule has 1 heterocycles. The summed E-state index contributed by atoms with van der Waals surface area (Å²) in [5, 5.41) is 2.87. The zero-order valence-corrected chi connectivity index (χ0v) is 14.3. The first kappa shape index (κ1) is 17.0. The molecule has 0 aliphatic carbocycles. The molecule has 2 amide bonds. The van der Waals surface area contributed by atoms with Crippen molar-refractivity contribution in [3.63, 3.8) is 0 Å². The molecule has 0 atom stereocenters. The van der Waals surface area contributed by atoms with Gasteiger partial charge in [-0.05, 0) is 36.6 Å². The molecular weight excluding hydrogens is 316 g/mol. The minimum absolute atomic E-state index is 0.0498. The monoisotopic (exact) mass is 338 g/mol. The third-order valence-corrected chi connectivity index (χ3v) is 4.24. The van der Waals surface area contributed by atoms with Crippen LogP contribution in [0.5, 0.6) is 5.75 Å². The lowest BCUT2D eigenvalue weighted by Gasteiger charge is -2.13. The average molecular weight is 338 g/mol. The Morgan fingerprint density at radius 1 is 1.20 bits per heavy atom. The highest BCUT2D eigenvalue weighted by atomic mass is 16.5. The molecule has 5 heteroatoms. The van der Waals surface area contributed by atoms with Crippen LogP contribution in [0.15, 0.2) is 48.5 Å². The summed E-state index contributed by atoms with van der Waals surface area (Å²) in [5.41, 5.74) is 2.34. The Morgan fingerprint density at radius 3 is 2.80 bits per heavy atom. The van der Waals surface area contributed by atoms with Crippen molar-refractivity contribution in [1.29, 1.82) is 0 Å². The van der Waals surface area contributed by atoms with Crippen molar-refractivity contribution in [2.45, 2.75) is 19.3 Å². The van der Waals surface area contributed by atoms with Gasteiger partial charge in [-0.25, -0.2) is 0 Å². The predicted molar refractivity (Wildman–Crippen MR) is 96.9 cm³/mol. The van der Waals surface area contributed by atoms with Crippen molar-refractivity contribution >= 4 is 17.5 Å². The summed E-state index contributed by atoms with van der Waals surface area (Å²) in [6.45, 7) is 1.02. The number of carbonyl (C=O) groups is 2. The summed E-state index contributed by atoms with van der Waals surface area (Å²) in [6, 6.07) is 15.3. The van der Waals surface area contributed by atoms with Crippen molar-refractivity contribution in [3.8, 4) is 5.75 Å². The largest absolute Gasteiger partial charge is 0.491 e. The SMILES string of the molecule is CN1CCOc2ccc(NC(=O)CCCc3ccccc3)cc2C1=O. The maximum absolute atomic E-state index is 12.3. The Bertz CT molecular complexity index is 759. The number of fused-ring (bicyclic) bond motifs is 1.